The number of rotatable bonds is 5. The first-order valence-corrected chi connectivity index (χ1v) is 8.18. The van der Waals surface area contributed by atoms with Crippen LogP contribution in [0.5, 0.6) is 0 Å². The fourth-order valence-corrected chi connectivity index (χ4v) is 4.39. The van der Waals surface area contributed by atoms with Crippen molar-refractivity contribution in [2.45, 2.75) is 24.6 Å². The maximum atomic E-state index is 11.6. The first-order valence-electron chi connectivity index (χ1n) is 5.59. The lowest BCUT2D eigenvalue weighted by atomic mass is 10.2. The fourth-order valence-electron chi connectivity index (χ4n) is 1.94. The van der Waals surface area contributed by atoms with E-state index in [0.717, 1.165) is 17.8 Å². The molecule has 0 aromatic carbocycles. The van der Waals surface area contributed by atoms with Gasteiger partial charge in [-0.25, -0.2) is 18.2 Å². The highest BCUT2D eigenvalue weighted by Crippen LogP contribution is 2.19. The van der Waals surface area contributed by atoms with Crippen molar-refractivity contribution >= 4 is 27.1 Å². The zero-order valence-electron chi connectivity index (χ0n) is 9.63. The summed E-state index contributed by atoms with van der Waals surface area (Å²) in [6.45, 7) is 0.804. The Morgan fingerprint density at radius 1 is 1.61 bits per heavy atom. The van der Waals surface area contributed by atoms with Gasteiger partial charge >= 0.3 is 5.97 Å². The second-order valence-corrected chi connectivity index (χ2v) is 7.47. The van der Waals surface area contributed by atoms with Crippen LogP contribution in [0.2, 0.25) is 0 Å². The van der Waals surface area contributed by atoms with Crippen LogP contribution in [0.25, 0.3) is 0 Å². The molecule has 0 saturated carbocycles. The van der Waals surface area contributed by atoms with Crippen LogP contribution in [0.15, 0.2) is 5.38 Å². The molecule has 18 heavy (non-hydrogen) atoms. The molecule has 0 aliphatic carbocycles. The first-order chi connectivity index (χ1) is 8.49. The van der Waals surface area contributed by atoms with E-state index in [0.29, 0.717) is 25.2 Å². The summed E-state index contributed by atoms with van der Waals surface area (Å²) < 4.78 is 23.1. The standard InChI is InChI=1S/C10H14N2O4S2/c13-10(14)9-12-7(6-17-9)4-11-5-8-2-1-3-18(8,15)16/h6,8,11H,1-5H2,(H,13,14). The van der Waals surface area contributed by atoms with E-state index in [2.05, 4.69) is 10.3 Å². The number of nitrogens with zero attached hydrogens (tertiary/aromatic N) is 1. The normalized spacial score (nSPS) is 22.1. The van der Waals surface area contributed by atoms with Crippen LogP contribution in [0.1, 0.15) is 28.3 Å². The largest absolute Gasteiger partial charge is 0.476 e. The minimum Gasteiger partial charge on any atom is -0.476 e. The quantitative estimate of drug-likeness (QED) is 0.820. The third-order valence-corrected chi connectivity index (χ3v) is 6.03. The molecule has 2 rings (SSSR count). The number of carboxylic acid groups (broad SMARTS) is 1. The summed E-state index contributed by atoms with van der Waals surface area (Å²) in [6, 6.07) is 0. The SMILES string of the molecule is O=C(O)c1nc(CNCC2CCCS2(=O)=O)cs1. The van der Waals surface area contributed by atoms with Gasteiger partial charge in [0.05, 0.1) is 16.7 Å². The highest BCUT2D eigenvalue weighted by atomic mass is 32.2. The summed E-state index contributed by atoms with van der Waals surface area (Å²) in [5.41, 5.74) is 0.632. The second kappa shape index (κ2) is 5.33. The Balaban J connectivity index is 1.83. The molecule has 2 N–H and O–H groups in total. The number of carbonyl (C=O) groups is 1. The molecule has 1 unspecified atom stereocenters. The molecule has 1 atom stereocenters. The smallest absolute Gasteiger partial charge is 0.365 e. The minimum atomic E-state index is -2.92. The zero-order chi connectivity index (χ0) is 13.2. The van der Waals surface area contributed by atoms with E-state index in [1.807, 2.05) is 0 Å². The molecule has 1 aliphatic heterocycles. The Morgan fingerprint density at radius 3 is 2.94 bits per heavy atom. The van der Waals surface area contributed by atoms with E-state index in [1.165, 1.54) is 0 Å². The molecule has 1 saturated heterocycles. The highest BCUT2D eigenvalue weighted by molar-refractivity contribution is 7.92. The monoisotopic (exact) mass is 290 g/mol. The highest BCUT2D eigenvalue weighted by Gasteiger charge is 2.30. The number of aromatic nitrogens is 1. The van der Waals surface area contributed by atoms with Gasteiger partial charge in [0.25, 0.3) is 0 Å². The van der Waals surface area contributed by atoms with Crippen LogP contribution in [0, 0.1) is 0 Å². The summed E-state index contributed by atoms with van der Waals surface area (Å²) in [6.07, 6.45) is 1.43. The van der Waals surface area contributed by atoms with Gasteiger partial charge in [-0.05, 0) is 12.8 Å². The Labute approximate surface area is 109 Å². The number of hydrogen-bond donors (Lipinski definition) is 2. The predicted molar refractivity (Wildman–Crippen MR) is 67.6 cm³/mol. The topological polar surface area (TPSA) is 96.4 Å². The predicted octanol–water partition coefficient (Wildman–Crippen LogP) is 0.508. The fraction of sp³-hybridized carbons (Fsp3) is 0.600. The second-order valence-electron chi connectivity index (χ2n) is 4.21. The van der Waals surface area contributed by atoms with Crippen LogP contribution in [-0.4, -0.2) is 42.0 Å². The van der Waals surface area contributed by atoms with Gasteiger partial charge in [-0.3, -0.25) is 0 Å². The lowest BCUT2D eigenvalue weighted by Crippen LogP contribution is -2.30. The Hall–Kier alpha value is -0.990. The van der Waals surface area contributed by atoms with Crippen molar-refractivity contribution in [3.8, 4) is 0 Å². The van der Waals surface area contributed by atoms with E-state index < -0.39 is 15.8 Å². The zero-order valence-corrected chi connectivity index (χ0v) is 11.3. The molecule has 0 bridgehead atoms. The molecule has 8 heteroatoms. The molecule has 6 nitrogen and oxygen atoms in total. The van der Waals surface area contributed by atoms with Crippen molar-refractivity contribution in [1.29, 1.82) is 0 Å². The molecule has 0 amide bonds. The lowest BCUT2D eigenvalue weighted by Gasteiger charge is -2.09. The van der Waals surface area contributed by atoms with Crippen LogP contribution >= 0.6 is 11.3 Å². The summed E-state index contributed by atoms with van der Waals surface area (Å²) >= 11 is 1.07. The average molecular weight is 290 g/mol. The maximum absolute atomic E-state index is 11.6. The number of sulfone groups is 1. The van der Waals surface area contributed by atoms with Crippen LogP contribution in [-0.2, 0) is 16.4 Å². The first kappa shape index (κ1) is 13.4. The van der Waals surface area contributed by atoms with Gasteiger partial charge in [0.2, 0.25) is 5.01 Å². The Morgan fingerprint density at radius 2 is 2.39 bits per heavy atom. The molecule has 1 aromatic heterocycles. The van der Waals surface area contributed by atoms with Crippen molar-refractivity contribution < 1.29 is 18.3 Å². The lowest BCUT2D eigenvalue weighted by molar-refractivity contribution is 0.0696. The molecule has 2 heterocycles. The molecule has 0 radical (unpaired) electrons. The van der Waals surface area contributed by atoms with Gasteiger partial charge in [0, 0.05) is 18.5 Å². The van der Waals surface area contributed by atoms with Crippen molar-refractivity contribution in [3.63, 3.8) is 0 Å². The van der Waals surface area contributed by atoms with Gasteiger partial charge in [0.15, 0.2) is 9.84 Å². The summed E-state index contributed by atoms with van der Waals surface area (Å²) in [7, 11) is -2.92. The van der Waals surface area contributed by atoms with Gasteiger partial charge in [-0.2, -0.15) is 0 Å². The molecular formula is C10H14N2O4S2. The number of nitrogens with one attached hydrogen (secondary N) is 1. The van der Waals surface area contributed by atoms with Crippen molar-refractivity contribution in [3.05, 3.63) is 16.1 Å². The van der Waals surface area contributed by atoms with Crippen LogP contribution in [0.4, 0.5) is 0 Å². The molecular weight excluding hydrogens is 276 g/mol. The number of aromatic carboxylic acids is 1. The van der Waals surface area contributed by atoms with E-state index in [9.17, 15) is 13.2 Å². The van der Waals surface area contributed by atoms with Gasteiger partial charge in [0.1, 0.15) is 0 Å². The maximum Gasteiger partial charge on any atom is 0.365 e. The number of hydrogen-bond acceptors (Lipinski definition) is 6. The third kappa shape index (κ3) is 3.06. The molecule has 0 spiro atoms. The Bertz CT molecular complexity index is 538. The summed E-state index contributed by atoms with van der Waals surface area (Å²) in [5.74, 6) is -0.760. The van der Waals surface area contributed by atoms with Crippen LogP contribution in [0.3, 0.4) is 0 Å². The van der Waals surface area contributed by atoms with Crippen molar-refractivity contribution in [1.82, 2.24) is 10.3 Å². The van der Waals surface area contributed by atoms with Gasteiger partial charge in [-0.1, -0.05) is 0 Å². The van der Waals surface area contributed by atoms with Crippen molar-refractivity contribution in [2.75, 3.05) is 12.3 Å². The van der Waals surface area contributed by atoms with E-state index >= 15 is 0 Å². The van der Waals surface area contributed by atoms with E-state index in [4.69, 9.17) is 5.11 Å². The van der Waals surface area contributed by atoms with E-state index in [1.54, 1.807) is 5.38 Å². The van der Waals surface area contributed by atoms with Crippen LogP contribution < -0.4 is 5.32 Å². The molecule has 1 aliphatic rings. The number of thiazole rings is 1. The van der Waals surface area contributed by atoms with Gasteiger partial charge < -0.3 is 10.4 Å². The minimum absolute atomic E-state index is 0.0558. The third-order valence-electron chi connectivity index (χ3n) is 2.88. The van der Waals surface area contributed by atoms with Gasteiger partial charge in [-0.15, -0.1) is 11.3 Å². The molecule has 100 valence electrons. The summed E-state index contributed by atoms with van der Waals surface area (Å²) in [5, 5.41) is 13.1. The number of carboxylic acids is 1. The van der Waals surface area contributed by atoms with E-state index in [-0.39, 0.29) is 16.0 Å². The Kier molecular flexibility index (Phi) is 3.98. The molecule has 1 aromatic rings. The molecule has 1 fully saturated rings. The average Bonchev–Trinajstić information content (AvgIpc) is 2.86. The summed E-state index contributed by atoms with van der Waals surface area (Å²) in [4.78, 5) is 14.5. The van der Waals surface area contributed by atoms with Crippen molar-refractivity contribution in [2.24, 2.45) is 0 Å².